The Labute approximate surface area is 152 Å². The van der Waals surface area contributed by atoms with Crippen LogP contribution >= 0.6 is 0 Å². The van der Waals surface area contributed by atoms with Gasteiger partial charge in [-0.1, -0.05) is 37.6 Å². The van der Waals surface area contributed by atoms with Gasteiger partial charge >= 0.3 is 0 Å². The highest BCUT2D eigenvalue weighted by Gasteiger charge is 2.16. The fraction of sp³-hybridized carbons (Fsp3) is 0.182. The van der Waals surface area contributed by atoms with Crippen LogP contribution in [0, 0.1) is 0 Å². The Balaban J connectivity index is 2.03. The molecule has 1 amide bonds. The normalized spacial score (nSPS) is 11.3. The van der Waals surface area contributed by atoms with Gasteiger partial charge in [0.25, 0.3) is 0 Å². The molecule has 4 heteroatoms. The fourth-order valence-corrected chi connectivity index (χ4v) is 3.68. The van der Waals surface area contributed by atoms with Crippen molar-refractivity contribution >= 4 is 27.7 Å². The van der Waals surface area contributed by atoms with Gasteiger partial charge < -0.3 is 10.3 Å². The predicted octanol–water partition coefficient (Wildman–Crippen LogP) is 4.29. The van der Waals surface area contributed by atoms with E-state index in [1.165, 1.54) is 5.56 Å². The molecule has 0 saturated heterocycles. The number of aryl methyl sites for hydroxylation is 1. The molecule has 130 valence electrons. The average Bonchev–Trinajstić information content (AvgIpc) is 2.96. The van der Waals surface area contributed by atoms with Crippen LogP contribution in [0.4, 0.5) is 0 Å². The average molecular weight is 343 g/mol. The smallest absolute Gasteiger partial charge is 0.249 e. The molecular weight excluding hydrogens is 322 g/mol. The van der Waals surface area contributed by atoms with Crippen LogP contribution in [0.15, 0.2) is 60.9 Å². The van der Waals surface area contributed by atoms with Crippen LogP contribution < -0.4 is 5.73 Å². The predicted molar refractivity (Wildman–Crippen MR) is 105 cm³/mol. The van der Waals surface area contributed by atoms with Gasteiger partial charge in [0, 0.05) is 40.8 Å². The van der Waals surface area contributed by atoms with E-state index in [1.54, 1.807) is 12.3 Å². The van der Waals surface area contributed by atoms with Crippen molar-refractivity contribution in [2.45, 2.75) is 26.3 Å². The maximum absolute atomic E-state index is 12.0. The van der Waals surface area contributed by atoms with Crippen molar-refractivity contribution in [3.05, 3.63) is 77.6 Å². The van der Waals surface area contributed by atoms with E-state index < -0.39 is 5.91 Å². The van der Waals surface area contributed by atoms with Crippen molar-refractivity contribution in [1.29, 1.82) is 0 Å². The van der Waals surface area contributed by atoms with E-state index in [0.717, 1.165) is 40.2 Å². The number of benzene rings is 2. The highest BCUT2D eigenvalue weighted by molar-refractivity contribution is 6.17. The lowest BCUT2D eigenvalue weighted by atomic mass is 10.0. The number of fused-ring (bicyclic) bond motifs is 3. The van der Waals surface area contributed by atoms with Crippen LogP contribution in [0.3, 0.4) is 0 Å². The lowest BCUT2D eigenvalue weighted by Crippen LogP contribution is -2.11. The summed E-state index contributed by atoms with van der Waals surface area (Å²) in [4.78, 5) is 16.2. The van der Waals surface area contributed by atoms with Crippen LogP contribution in [0.1, 0.15) is 34.8 Å². The topological polar surface area (TPSA) is 60.9 Å². The molecule has 4 aromatic rings. The number of aromatic nitrogens is 2. The van der Waals surface area contributed by atoms with Crippen molar-refractivity contribution in [1.82, 2.24) is 9.55 Å². The Bertz CT molecular complexity index is 1100. The summed E-state index contributed by atoms with van der Waals surface area (Å²) in [6, 6.07) is 16.3. The van der Waals surface area contributed by atoms with E-state index in [1.807, 2.05) is 18.3 Å². The number of carbonyl (C=O) groups is 1. The Morgan fingerprint density at radius 3 is 2.69 bits per heavy atom. The first-order valence-electron chi connectivity index (χ1n) is 8.91. The molecule has 0 bridgehead atoms. The standard InChI is InChI=1S/C22H21N3O/c1-2-5-15-9-10-17-20(12-15)25(14-16-6-4-11-24-13-16)19-8-3-7-18(21(17)19)22(23)26/h3-4,6-13H,2,5,14H2,1H3,(H2,23,26). The molecular formula is C22H21N3O. The second kappa shape index (κ2) is 6.64. The molecule has 0 aliphatic heterocycles. The molecule has 0 aliphatic carbocycles. The Kier molecular flexibility index (Phi) is 4.17. The second-order valence-corrected chi connectivity index (χ2v) is 6.61. The quantitative estimate of drug-likeness (QED) is 0.587. The number of nitrogens with zero attached hydrogens (tertiary/aromatic N) is 2. The van der Waals surface area contributed by atoms with Crippen molar-refractivity contribution < 1.29 is 4.79 Å². The Morgan fingerprint density at radius 2 is 1.96 bits per heavy atom. The second-order valence-electron chi connectivity index (χ2n) is 6.61. The first-order valence-corrected chi connectivity index (χ1v) is 8.91. The van der Waals surface area contributed by atoms with Gasteiger partial charge in [0.1, 0.15) is 0 Å². The molecule has 2 N–H and O–H groups in total. The largest absolute Gasteiger partial charge is 0.366 e. The van der Waals surface area contributed by atoms with E-state index in [9.17, 15) is 4.79 Å². The minimum Gasteiger partial charge on any atom is -0.366 e. The van der Waals surface area contributed by atoms with Gasteiger partial charge in [-0.25, -0.2) is 0 Å². The molecule has 0 radical (unpaired) electrons. The molecule has 4 nitrogen and oxygen atoms in total. The summed E-state index contributed by atoms with van der Waals surface area (Å²) in [6.07, 6.45) is 5.79. The lowest BCUT2D eigenvalue weighted by molar-refractivity contribution is 0.100. The first kappa shape index (κ1) is 16.3. The fourth-order valence-electron chi connectivity index (χ4n) is 3.68. The summed E-state index contributed by atoms with van der Waals surface area (Å²) in [6.45, 7) is 2.88. The first-order chi connectivity index (χ1) is 12.7. The van der Waals surface area contributed by atoms with E-state index >= 15 is 0 Å². The van der Waals surface area contributed by atoms with Crippen molar-refractivity contribution in [3.8, 4) is 0 Å². The Morgan fingerprint density at radius 1 is 1.08 bits per heavy atom. The maximum Gasteiger partial charge on any atom is 0.249 e. The van der Waals surface area contributed by atoms with Crippen LogP contribution in [0.5, 0.6) is 0 Å². The van der Waals surface area contributed by atoms with E-state index in [4.69, 9.17) is 5.73 Å². The molecule has 26 heavy (non-hydrogen) atoms. The number of hydrogen-bond acceptors (Lipinski definition) is 2. The van der Waals surface area contributed by atoms with E-state index in [2.05, 4.69) is 46.8 Å². The third kappa shape index (κ3) is 2.73. The van der Waals surface area contributed by atoms with Gasteiger partial charge in [0.05, 0.1) is 5.52 Å². The summed E-state index contributed by atoms with van der Waals surface area (Å²) < 4.78 is 2.26. The third-order valence-electron chi connectivity index (χ3n) is 4.82. The molecule has 0 unspecified atom stereocenters. The zero-order valence-electron chi connectivity index (χ0n) is 14.8. The van der Waals surface area contributed by atoms with Crippen LogP contribution in [-0.2, 0) is 13.0 Å². The number of hydrogen-bond donors (Lipinski definition) is 1. The van der Waals surface area contributed by atoms with Crippen LogP contribution in [-0.4, -0.2) is 15.5 Å². The number of primary amides is 1. The van der Waals surface area contributed by atoms with Gasteiger partial charge in [0.15, 0.2) is 0 Å². The van der Waals surface area contributed by atoms with Gasteiger partial charge in [-0.15, -0.1) is 0 Å². The summed E-state index contributed by atoms with van der Waals surface area (Å²) in [5, 5.41) is 2.00. The van der Waals surface area contributed by atoms with E-state index in [0.29, 0.717) is 12.1 Å². The molecule has 2 aromatic carbocycles. The van der Waals surface area contributed by atoms with Gasteiger partial charge in [-0.3, -0.25) is 9.78 Å². The van der Waals surface area contributed by atoms with E-state index in [-0.39, 0.29) is 0 Å². The molecule has 0 atom stereocenters. The number of rotatable bonds is 5. The SMILES string of the molecule is CCCc1ccc2c3c(C(N)=O)cccc3n(Cc3cccnc3)c2c1. The van der Waals surface area contributed by atoms with Crippen molar-refractivity contribution in [2.24, 2.45) is 5.73 Å². The highest BCUT2D eigenvalue weighted by Crippen LogP contribution is 2.33. The molecule has 0 fully saturated rings. The number of carbonyl (C=O) groups excluding carboxylic acids is 1. The van der Waals surface area contributed by atoms with Gasteiger partial charge in [0.2, 0.25) is 5.91 Å². The summed E-state index contributed by atoms with van der Waals surface area (Å²) >= 11 is 0. The van der Waals surface area contributed by atoms with Gasteiger partial charge in [-0.05, 0) is 41.8 Å². The minimum absolute atomic E-state index is 0.395. The van der Waals surface area contributed by atoms with Crippen LogP contribution in [0.2, 0.25) is 0 Å². The molecule has 2 aromatic heterocycles. The number of amides is 1. The minimum atomic E-state index is -0.395. The lowest BCUT2D eigenvalue weighted by Gasteiger charge is -2.08. The monoisotopic (exact) mass is 343 g/mol. The zero-order valence-corrected chi connectivity index (χ0v) is 14.8. The van der Waals surface area contributed by atoms with Crippen molar-refractivity contribution in [3.63, 3.8) is 0 Å². The summed E-state index contributed by atoms with van der Waals surface area (Å²) in [5.74, 6) is -0.395. The van der Waals surface area contributed by atoms with Crippen LogP contribution in [0.25, 0.3) is 21.8 Å². The van der Waals surface area contributed by atoms with Crippen molar-refractivity contribution in [2.75, 3.05) is 0 Å². The molecule has 0 saturated carbocycles. The number of nitrogens with two attached hydrogens (primary N) is 1. The summed E-state index contributed by atoms with van der Waals surface area (Å²) in [5.41, 5.74) is 10.8. The maximum atomic E-state index is 12.0. The molecule has 2 heterocycles. The molecule has 0 aliphatic rings. The molecule has 0 spiro atoms. The summed E-state index contributed by atoms with van der Waals surface area (Å²) in [7, 11) is 0. The third-order valence-corrected chi connectivity index (χ3v) is 4.82. The highest BCUT2D eigenvalue weighted by atomic mass is 16.1. The zero-order chi connectivity index (χ0) is 18.1. The number of pyridine rings is 1. The Hall–Kier alpha value is -3.14. The van der Waals surface area contributed by atoms with Gasteiger partial charge in [-0.2, -0.15) is 0 Å². The molecule has 4 rings (SSSR count).